The van der Waals surface area contributed by atoms with Crippen molar-refractivity contribution >= 4 is 45.1 Å². The minimum atomic E-state index is -0.436. The van der Waals surface area contributed by atoms with Crippen LogP contribution in [0.15, 0.2) is 41.5 Å². The molecule has 0 spiro atoms. The van der Waals surface area contributed by atoms with Crippen LogP contribution in [0.5, 0.6) is 5.75 Å². The molecule has 0 saturated carbocycles. The van der Waals surface area contributed by atoms with E-state index in [2.05, 4.69) is 10.5 Å². The maximum Gasteiger partial charge on any atom is 0.283 e. The number of rotatable bonds is 6. The van der Waals surface area contributed by atoms with Crippen molar-refractivity contribution in [3.8, 4) is 5.75 Å². The van der Waals surface area contributed by atoms with Crippen LogP contribution in [0.2, 0.25) is 5.02 Å². The maximum absolute atomic E-state index is 13.4. The van der Waals surface area contributed by atoms with Gasteiger partial charge >= 0.3 is 0 Å². The van der Waals surface area contributed by atoms with Gasteiger partial charge in [0.2, 0.25) is 0 Å². The van der Waals surface area contributed by atoms with E-state index in [9.17, 15) is 9.18 Å². The van der Waals surface area contributed by atoms with Crippen molar-refractivity contribution in [1.82, 2.24) is 5.43 Å². The lowest BCUT2D eigenvalue weighted by atomic mass is 10.1. The zero-order chi connectivity index (χ0) is 21.8. The summed E-state index contributed by atoms with van der Waals surface area (Å²) in [5.74, 6) is 0.0171. The van der Waals surface area contributed by atoms with E-state index < -0.39 is 5.91 Å². The number of benzene rings is 2. The molecule has 1 aliphatic heterocycles. The third kappa shape index (κ3) is 5.04. The predicted octanol–water partition coefficient (Wildman–Crippen LogP) is 2.88. The number of hydrogen-bond acceptors (Lipinski definition) is 5. The van der Waals surface area contributed by atoms with Gasteiger partial charge < -0.3 is 14.4 Å². The minimum absolute atomic E-state index is 0.297. The molecular weight excluding hydrogens is 441 g/mol. The Hall–Kier alpha value is -2.52. The lowest BCUT2D eigenvalue weighted by molar-refractivity contribution is -0.921. The standard InChI is InChI=1S/C22H21ClFN3O3S/c1-29-18-5-2-14(10-15(18)13-27-6-8-30-9-7-27)12-25-26-22(28)21-20(23)17-4-3-16(24)11-19(17)31-21/h2-5,10-12H,6-9,13H2,1H3,(H,26,28)/p+1/b25-12-. The first-order valence-electron chi connectivity index (χ1n) is 9.84. The Morgan fingerprint density at radius 2 is 2.13 bits per heavy atom. The van der Waals surface area contributed by atoms with Gasteiger partial charge in [-0.2, -0.15) is 5.10 Å². The van der Waals surface area contributed by atoms with Gasteiger partial charge in [0.15, 0.2) is 0 Å². The van der Waals surface area contributed by atoms with Crippen LogP contribution in [0.3, 0.4) is 0 Å². The summed E-state index contributed by atoms with van der Waals surface area (Å²) in [5, 5.41) is 5.02. The second-order valence-corrected chi connectivity index (χ2v) is 8.63. The summed E-state index contributed by atoms with van der Waals surface area (Å²) in [6.07, 6.45) is 1.58. The van der Waals surface area contributed by atoms with Crippen molar-refractivity contribution in [2.45, 2.75) is 6.54 Å². The number of halogens is 2. The summed E-state index contributed by atoms with van der Waals surface area (Å²) in [6, 6.07) is 10.0. The summed E-state index contributed by atoms with van der Waals surface area (Å²) in [7, 11) is 1.65. The van der Waals surface area contributed by atoms with Gasteiger partial charge in [-0.3, -0.25) is 4.79 Å². The van der Waals surface area contributed by atoms with Crippen LogP contribution in [-0.2, 0) is 11.3 Å². The number of carbonyl (C=O) groups excluding carboxylic acids is 1. The highest BCUT2D eigenvalue weighted by molar-refractivity contribution is 7.21. The fourth-order valence-electron chi connectivity index (χ4n) is 3.52. The van der Waals surface area contributed by atoms with E-state index in [0.29, 0.717) is 20.0 Å². The first kappa shape index (κ1) is 21.7. The number of hydrazone groups is 1. The quantitative estimate of drug-likeness (QED) is 0.437. The van der Waals surface area contributed by atoms with Gasteiger partial charge in [0.1, 0.15) is 36.1 Å². The van der Waals surface area contributed by atoms with Crippen molar-refractivity contribution in [2.24, 2.45) is 5.10 Å². The molecule has 2 aromatic carbocycles. The molecule has 0 atom stereocenters. The number of nitrogens with one attached hydrogen (secondary N) is 2. The van der Waals surface area contributed by atoms with Crippen LogP contribution < -0.4 is 15.1 Å². The number of ether oxygens (including phenoxy) is 2. The van der Waals surface area contributed by atoms with Crippen LogP contribution in [0, 0.1) is 5.82 Å². The van der Waals surface area contributed by atoms with Crippen LogP contribution >= 0.6 is 22.9 Å². The van der Waals surface area contributed by atoms with Crippen LogP contribution in [0.25, 0.3) is 10.1 Å². The summed E-state index contributed by atoms with van der Waals surface area (Å²) in [4.78, 5) is 14.2. The highest BCUT2D eigenvalue weighted by Crippen LogP contribution is 2.35. The zero-order valence-corrected chi connectivity index (χ0v) is 18.5. The predicted molar refractivity (Wildman–Crippen MR) is 120 cm³/mol. The first-order valence-corrected chi connectivity index (χ1v) is 11.0. The molecule has 162 valence electrons. The molecule has 2 N–H and O–H groups in total. The summed E-state index contributed by atoms with van der Waals surface area (Å²) in [6.45, 7) is 4.26. The van der Waals surface area contributed by atoms with Crippen LogP contribution in [0.1, 0.15) is 20.8 Å². The maximum atomic E-state index is 13.4. The van der Waals surface area contributed by atoms with E-state index >= 15 is 0 Å². The van der Waals surface area contributed by atoms with Gasteiger partial charge in [0.25, 0.3) is 5.91 Å². The number of fused-ring (bicyclic) bond motifs is 1. The molecule has 1 fully saturated rings. The molecule has 3 aromatic rings. The molecule has 0 radical (unpaired) electrons. The molecule has 1 saturated heterocycles. The number of methoxy groups -OCH3 is 1. The largest absolute Gasteiger partial charge is 0.496 e. The topological polar surface area (TPSA) is 64.4 Å². The molecule has 1 aromatic heterocycles. The molecule has 0 bridgehead atoms. The van der Waals surface area contributed by atoms with E-state index in [1.165, 1.54) is 17.0 Å². The molecule has 9 heteroatoms. The molecule has 31 heavy (non-hydrogen) atoms. The number of thiophene rings is 1. The molecular formula is C22H22ClFN3O3S+. The minimum Gasteiger partial charge on any atom is -0.496 e. The molecule has 1 amide bonds. The van der Waals surface area contributed by atoms with Gasteiger partial charge in [-0.1, -0.05) is 11.6 Å². The van der Waals surface area contributed by atoms with Gasteiger partial charge in [0, 0.05) is 15.6 Å². The van der Waals surface area contributed by atoms with E-state index in [1.54, 1.807) is 19.4 Å². The Labute approximate surface area is 188 Å². The third-order valence-corrected chi connectivity index (χ3v) is 6.78. The zero-order valence-electron chi connectivity index (χ0n) is 16.9. The lowest BCUT2D eigenvalue weighted by Crippen LogP contribution is -3.12. The van der Waals surface area contributed by atoms with Gasteiger partial charge in [0.05, 0.1) is 31.6 Å². The van der Waals surface area contributed by atoms with E-state index in [1.807, 2.05) is 18.2 Å². The van der Waals surface area contributed by atoms with Crippen LogP contribution in [-0.4, -0.2) is 45.5 Å². The summed E-state index contributed by atoms with van der Waals surface area (Å²) < 4.78 is 25.0. The third-order valence-electron chi connectivity index (χ3n) is 5.12. The van der Waals surface area contributed by atoms with E-state index in [0.717, 1.165) is 61.1 Å². The van der Waals surface area contributed by atoms with Crippen molar-refractivity contribution in [3.63, 3.8) is 0 Å². The lowest BCUT2D eigenvalue weighted by Gasteiger charge is -2.24. The number of nitrogens with zero attached hydrogens (tertiary/aromatic N) is 1. The first-order chi connectivity index (χ1) is 15.0. The Morgan fingerprint density at radius 3 is 2.90 bits per heavy atom. The smallest absolute Gasteiger partial charge is 0.283 e. The van der Waals surface area contributed by atoms with Gasteiger partial charge in [-0.25, -0.2) is 9.82 Å². The SMILES string of the molecule is COc1ccc(/C=N\NC(=O)c2sc3cc(F)ccc3c2Cl)cc1C[NH+]1CCOCC1. The number of carbonyl (C=O) groups is 1. The number of morpholine rings is 1. The molecule has 0 unspecified atom stereocenters. The fourth-order valence-corrected chi connectivity index (χ4v) is 4.96. The number of hydrogen-bond donors (Lipinski definition) is 2. The molecule has 2 heterocycles. The Balaban J connectivity index is 1.46. The second kappa shape index (κ2) is 9.74. The highest BCUT2D eigenvalue weighted by Gasteiger charge is 2.18. The van der Waals surface area contributed by atoms with Crippen LogP contribution in [0.4, 0.5) is 4.39 Å². The Morgan fingerprint density at radius 1 is 1.32 bits per heavy atom. The number of amides is 1. The molecule has 0 aliphatic carbocycles. The molecule has 6 nitrogen and oxygen atoms in total. The molecule has 1 aliphatic rings. The average molecular weight is 463 g/mol. The van der Waals surface area contributed by atoms with Crippen molar-refractivity contribution in [2.75, 3.05) is 33.4 Å². The van der Waals surface area contributed by atoms with E-state index in [4.69, 9.17) is 21.1 Å². The van der Waals surface area contributed by atoms with Crippen molar-refractivity contribution in [3.05, 3.63) is 63.2 Å². The Bertz CT molecular complexity index is 1130. The van der Waals surface area contributed by atoms with Gasteiger partial charge in [-0.05, 0) is 42.0 Å². The normalized spacial score (nSPS) is 14.9. The Kier molecular flexibility index (Phi) is 6.82. The molecule has 4 rings (SSSR count). The van der Waals surface area contributed by atoms with Gasteiger partial charge in [-0.15, -0.1) is 11.3 Å². The average Bonchev–Trinajstić information content (AvgIpc) is 3.10. The number of quaternary nitrogens is 1. The summed E-state index contributed by atoms with van der Waals surface area (Å²) in [5.41, 5.74) is 4.42. The van der Waals surface area contributed by atoms with E-state index in [-0.39, 0.29) is 5.82 Å². The second-order valence-electron chi connectivity index (χ2n) is 7.20. The highest BCUT2D eigenvalue weighted by atomic mass is 35.5. The fraction of sp³-hybridized carbons (Fsp3) is 0.273. The summed E-state index contributed by atoms with van der Waals surface area (Å²) >= 11 is 7.43. The monoisotopic (exact) mass is 462 g/mol. The van der Waals surface area contributed by atoms with Crippen molar-refractivity contribution in [1.29, 1.82) is 0 Å². The van der Waals surface area contributed by atoms with Crippen molar-refractivity contribution < 1.29 is 23.6 Å².